The molecule has 9 heteroatoms. The number of carbonyl (C=O) groups is 1. The zero-order chi connectivity index (χ0) is 23.8. The van der Waals surface area contributed by atoms with E-state index in [4.69, 9.17) is 4.74 Å². The number of nitrogens with zero attached hydrogens (tertiary/aromatic N) is 3. The van der Waals surface area contributed by atoms with Gasteiger partial charge in [0.25, 0.3) is 0 Å². The quantitative estimate of drug-likeness (QED) is 0.668. The summed E-state index contributed by atoms with van der Waals surface area (Å²) >= 11 is -2.20. The largest absolute Gasteiger partial charge is 0.768 e. The maximum Gasteiger partial charge on any atom is 0.320 e. The van der Waals surface area contributed by atoms with E-state index in [1.807, 2.05) is 15.9 Å². The molecule has 2 saturated heterocycles. The molecule has 2 aromatic carbocycles. The van der Waals surface area contributed by atoms with Gasteiger partial charge in [0, 0.05) is 57.3 Å². The van der Waals surface area contributed by atoms with Gasteiger partial charge < -0.3 is 24.4 Å². The number of fused-ring (bicyclic) bond motifs is 1. The Morgan fingerprint density at radius 3 is 2.35 bits per heavy atom. The summed E-state index contributed by atoms with van der Waals surface area (Å²) in [4.78, 5) is 18.8. The van der Waals surface area contributed by atoms with Crippen molar-refractivity contribution in [2.75, 3.05) is 59.0 Å². The molecule has 5 rings (SSSR count). The lowest BCUT2D eigenvalue weighted by Crippen LogP contribution is -2.54. The number of nitrogens with one attached hydrogen (secondary N) is 1. The Morgan fingerprint density at radius 2 is 1.65 bits per heavy atom. The van der Waals surface area contributed by atoms with Crippen LogP contribution in [0.5, 0.6) is 0 Å². The van der Waals surface area contributed by atoms with Gasteiger partial charge in [0.15, 0.2) is 0 Å². The zero-order valence-corrected chi connectivity index (χ0v) is 20.3. The Kier molecular flexibility index (Phi) is 9.06. The van der Waals surface area contributed by atoms with E-state index in [2.05, 4.69) is 34.5 Å². The molecule has 1 N–H and O–H groups in total. The van der Waals surface area contributed by atoms with Crippen molar-refractivity contribution in [3.8, 4) is 0 Å². The van der Waals surface area contributed by atoms with Gasteiger partial charge in [-0.05, 0) is 52.9 Å². The summed E-state index contributed by atoms with van der Waals surface area (Å²) in [7, 11) is 0. The van der Waals surface area contributed by atoms with Crippen LogP contribution in [0.4, 0.5) is 4.79 Å². The van der Waals surface area contributed by atoms with Gasteiger partial charge in [-0.2, -0.15) is 0 Å². The van der Waals surface area contributed by atoms with E-state index < -0.39 is 11.1 Å². The predicted octanol–water partition coefficient (Wildman–Crippen LogP) is 1.83. The van der Waals surface area contributed by atoms with Crippen LogP contribution in [0.3, 0.4) is 0 Å². The summed E-state index contributed by atoms with van der Waals surface area (Å²) in [6.07, 6.45) is 1.19. The Bertz CT molecular complexity index is 950. The number of ether oxygens (including phenoxy) is 1. The van der Waals surface area contributed by atoms with E-state index in [1.54, 1.807) is 18.2 Å². The van der Waals surface area contributed by atoms with Crippen LogP contribution in [-0.4, -0.2) is 88.5 Å². The molecule has 0 aromatic heterocycles. The summed E-state index contributed by atoms with van der Waals surface area (Å²) in [5.74, 6) is 0. The second kappa shape index (κ2) is 12.4. The first-order chi connectivity index (χ1) is 16.6. The maximum absolute atomic E-state index is 12.4. The van der Waals surface area contributed by atoms with Crippen LogP contribution in [0.2, 0.25) is 0 Å². The fraction of sp³-hybridized carbons (Fsp3) is 0.480. The van der Waals surface area contributed by atoms with Gasteiger partial charge in [-0.15, -0.1) is 0 Å². The molecule has 0 bridgehead atoms. The molecule has 3 aliphatic rings. The molecule has 34 heavy (non-hydrogen) atoms. The number of benzene rings is 2. The molecule has 0 saturated carbocycles. The minimum atomic E-state index is -2.20. The van der Waals surface area contributed by atoms with Crippen molar-refractivity contribution in [1.82, 2.24) is 20.0 Å². The average Bonchev–Trinajstić information content (AvgIpc) is 2.90. The first-order valence-corrected chi connectivity index (χ1v) is 13.0. The number of hydrogen-bond donors (Lipinski definition) is 1. The third-order valence-corrected chi connectivity index (χ3v) is 7.07. The lowest BCUT2D eigenvalue weighted by atomic mass is 10.0. The molecular formula is C25H33N4O4S-. The fourth-order valence-corrected chi connectivity index (χ4v) is 4.91. The van der Waals surface area contributed by atoms with Gasteiger partial charge in [-0.25, -0.2) is 4.79 Å². The minimum absolute atomic E-state index is 0.0988. The standard InChI is InChI=1S/C16H23N3O4S.C9H11N/c20-16(19-8-10-23-11-9-19)18-6-4-17(5-7-18)13-14-2-1-3-15(12-14)24(21)22;1-2-4-9-7-10-6-5-8(9)3-1/h1-3,12H,4-11,13H2,(H,21,22);1-4,10H,5-7H2/p-1. The van der Waals surface area contributed by atoms with Crippen LogP contribution in [0.25, 0.3) is 0 Å². The molecule has 184 valence electrons. The van der Waals surface area contributed by atoms with Gasteiger partial charge >= 0.3 is 6.03 Å². The molecule has 0 spiro atoms. The van der Waals surface area contributed by atoms with Crippen LogP contribution in [0.15, 0.2) is 53.4 Å². The fourth-order valence-electron chi connectivity index (χ4n) is 4.48. The highest BCUT2D eigenvalue weighted by Crippen LogP contribution is 2.14. The summed E-state index contributed by atoms with van der Waals surface area (Å²) in [5, 5.41) is 3.34. The monoisotopic (exact) mass is 485 g/mol. The van der Waals surface area contributed by atoms with Gasteiger partial charge in [-0.3, -0.25) is 9.11 Å². The van der Waals surface area contributed by atoms with E-state index in [0.717, 1.165) is 31.7 Å². The van der Waals surface area contributed by atoms with Crippen LogP contribution >= 0.6 is 0 Å². The molecule has 1 unspecified atom stereocenters. The van der Waals surface area contributed by atoms with Gasteiger partial charge in [0.05, 0.1) is 13.2 Å². The molecule has 0 radical (unpaired) electrons. The van der Waals surface area contributed by atoms with Crippen molar-refractivity contribution in [3.05, 3.63) is 65.2 Å². The minimum Gasteiger partial charge on any atom is -0.768 e. The Balaban J connectivity index is 0.000000226. The lowest BCUT2D eigenvalue weighted by Gasteiger charge is -2.38. The number of amides is 2. The molecular weight excluding hydrogens is 452 g/mol. The highest BCUT2D eigenvalue weighted by Gasteiger charge is 2.26. The molecule has 0 aliphatic carbocycles. The second-order valence-corrected chi connectivity index (χ2v) is 9.66. The molecule has 3 aliphatic heterocycles. The van der Waals surface area contributed by atoms with Crippen LogP contribution < -0.4 is 5.32 Å². The summed E-state index contributed by atoms with van der Waals surface area (Å²) in [6.45, 7) is 8.43. The van der Waals surface area contributed by atoms with E-state index in [9.17, 15) is 13.6 Å². The third kappa shape index (κ3) is 6.86. The Labute approximate surface area is 204 Å². The molecule has 2 aromatic rings. The first-order valence-electron chi connectivity index (χ1n) is 11.9. The summed E-state index contributed by atoms with van der Waals surface area (Å²) in [6, 6.07) is 15.7. The number of morpholine rings is 1. The topological polar surface area (TPSA) is 88.2 Å². The second-order valence-electron chi connectivity index (χ2n) is 8.72. The van der Waals surface area contributed by atoms with E-state index in [0.29, 0.717) is 50.8 Å². The molecule has 2 fully saturated rings. The van der Waals surface area contributed by atoms with Crippen molar-refractivity contribution >= 4 is 17.1 Å². The van der Waals surface area contributed by atoms with Crippen LogP contribution in [-0.2, 0) is 35.3 Å². The van der Waals surface area contributed by atoms with Crippen molar-refractivity contribution in [2.45, 2.75) is 24.4 Å². The molecule has 3 heterocycles. The summed E-state index contributed by atoms with van der Waals surface area (Å²) in [5.41, 5.74) is 3.96. The van der Waals surface area contributed by atoms with Crippen LogP contribution in [0, 0.1) is 0 Å². The van der Waals surface area contributed by atoms with E-state index in [-0.39, 0.29) is 6.03 Å². The van der Waals surface area contributed by atoms with Crippen LogP contribution in [0.1, 0.15) is 16.7 Å². The number of carbonyl (C=O) groups excluding carboxylic acids is 1. The molecule has 2 amide bonds. The van der Waals surface area contributed by atoms with E-state index >= 15 is 0 Å². The number of hydrogen-bond acceptors (Lipinski definition) is 6. The summed E-state index contributed by atoms with van der Waals surface area (Å²) < 4.78 is 27.4. The predicted molar refractivity (Wildman–Crippen MR) is 130 cm³/mol. The van der Waals surface area contributed by atoms with Gasteiger partial charge in [0.1, 0.15) is 0 Å². The van der Waals surface area contributed by atoms with Crippen molar-refractivity contribution in [2.24, 2.45) is 0 Å². The van der Waals surface area contributed by atoms with E-state index in [1.165, 1.54) is 17.5 Å². The smallest absolute Gasteiger partial charge is 0.320 e. The lowest BCUT2D eigenvalue weighted by molar-refractivity contribution is 0.0373. The normalized spacial score (nSPS) is 19.6. The van der Waals surface area contributed by atoms with Gasteiger partial charge in [0.2, 0.25) is 0 Å². The van der Waals surface area contributed by atoms with Crippen molar-refractivity contribution in [1.29, 1.82) is 0 Å². The highest BCUT2D eigenvalue weighted by atomic mass is 32.2. The van der Waals surface area contributed by atoms with Crippen molar-refractivity contribution in [3.63, 3.8) is 0 Å². The SMILES string of the molecule is O=C(N1CCOCC1)N1CCN(Cc2cccc(S(=O)[O-])c2)CC1.c1ccc2c(c1)CCNC2. The highest BCUT2D eigenvalue weighted by molar-refractivity contribution is 7.79. The number of rotatable bonds is 3. The van der Waals surface area contributed by atoms with Gasteiger partial charge in [-0.1, -0.05) is 36.4 Å². The maximum atomic E-state index is 12.4. The third-order valence-electron chi connectivity index (χ3n) is 6.43. The average molecular weight is 486 g/mol. The molecule has 1 atom stereocenters. The Morgan fingerprint density at radius 1 is 0.941 bits per heavy atom. The zero-order valence-electron chi connectivity index (χ0n) is 19.5. The first kappa shape index (κ1) is 24.8. The van der Waals surface area contributed by atoms with Crippen molar-refractivity contribution < 1.29 is 18.3 Å². The number of urea groups is 1. The Hall–Kier alpha value is -2.30. The molecule has 8 nitrogen and oxygen atoms in total. The number of piperazine rings is 1.